The lowest BCUT2D eigenvalue weighted by Gasteiger charge is -2.34. The Kier molecular flexibility index (Phi) is 5.23. The minimum absolute atomic E-state index is 0.119. The molecule has 0 bridgehead atoms. The van der Waals surface area contributed by atoms with E-state index in [1.165, 1.54) is 11.1 Å². The summed E-state index contributed by atoms with van der Waals surface area (Å²) in [5.74, 6) is 1.28. The SMILES string of the molecule is CC(C)c1cc(CN(C)C(=O)[C@@H](C)N2CCc3ccccc3C2)no1. The molecule has 2 aromatic rings. The van der Waals surface area contributed by atoms with E-state index in [9.17, 15) is 4.79 Å². The van der Waals surface area contributed by atoms with E-state index in [2.05, 4.69) is 48.2 Å². The van der Waals surface area contributed by atoms with Crippen LogP contribution in [-0.4, -0.2) is 40.5 Å². The standard InChI is InChI=1S/C20H27N3O2/c1-14(2)19-11-18(21-25-19)13-22(4)20(24)15(3)23-10-9-16-7-5-6-8-17(16)12-23/h5-8,11,14-15H,9-10,12-13H2,1-4H3/t15-/m1/s1. The molecule has 2 heterocycles. The largest absolute Gasteiger partial charge is 0.361 e. The van der Waals surface area contributed by atoms with Gasteiger partial charge in [-0.15, -0.1) is 0 Å². The van der Waals surface area contributed by atoms with Gasteiger partial charge in [0.1, 0.15) is 11.5 Å². The van der Waals surface area contributed by atoms with Crippen LogP contribution in [-0.2, 0) is 24.3 Å². The zero-order valence-electron chi connectivity index (χ0n) is 15.5. The number of hydrogen-bond acceptors (Lipinski definition) is 4. The lowest BCUT2D eigenvalue weighted by Crippen LogP contribution is -2.47. The topological polar surface area (TPSA) is 49.6 Å². The highest BCUT2D eigenvalue weighted by molar-refractivity contribution is 5.81. The van der Waals surface area contributed by atoms with E-state index in [0.717, 1.165) is 31.0 Å². The number of benzene rings is 1. The monoisotopic (exact) mass is 341 g/mol. The number of carbonyl (C=O) groups excluding carboxylic acids is 1. The molecule has 3 rings (SSSR count). The molecule has 0 N–H and O–H groups in total. The number of nitrogens with zero attached hydrogens (tertiary/aromatic N) is 3. The Morgan fingerprint density at radius 3 is 2.68 bits per heavy atom. The predicted molar refractivity (Wildman–Crippen MR) is 97.1 cm³/mol. The van der Waals surface area contributed by atoms with Crippen molar-refractivity contribution in [3.05, 3.63) is 52.9 Å². The summed E-state index contributed by atoms with van der Waals surface area (Å²) in [5.41, 5.74) is 3.53. The van der Waals surface area contributed by atoms with E-state index >= 15 is 0 Å². The van der Waals surface area contributed by atoms with Gasteiger partial charge in [-0.2, -0.15) is 0 Å². The van der Waals surface area contributed by atoms with E-state index in [4.69, 9.17) is 4.52 Å². The summed E-state index contributed by atoms with van der Waals surface area (Å²) in [4.78, 5) is 16.8. The summed E-state index contributed by atoms with van der Waals surface area (Å²) >= 11 is 0. The van der Waals surface area contributed by atoms with Crippen molar-refractivity contribution in [2.24, 2.45) is 0 Å². The fourth-order valence-corrected chi connectivity index (χ4v) is 3.32. The van der Waals surface area contributed by atoms with Gasteiger partial charge in [-0.3, -0.25) is 9.69 Å². The Morgan fingerprint density at radius 2 is 2.00 bits per heavy atom. The van der Waals surface area contributed by atoms with Gasteiger partial charge < -0.3 is 9.42 Å². The molecule has 1 aromatic carbocycles. The van der Waals surface area contributed by atoms with Crippen molar-refractivity contribution >= 4 is 5.91 Å². The number of likely N-dealkylation sites (N-methyl/N-ethyl adjacent to an activating group) is 1. The van der Waals surface area contributed by atoms with E-state index in [1.807, 2.05) is 20.0 Å². The summed E-state index contributed by atoms with van der Waals surface area (Å²) in [5, 5.41) is 4.08. The molecule has 0 aliphatic carbocycles. The van der Waals surface area contributed by atoms with Gasteiger partial charge in [0.2, 0.25) is 5.91 Å². The maximum Gasteiger partial charge on any atom is 0.239 e. The predicted octanol–water partition coefficient (Wildman–Crippen LogP) is 3.20. The summed E-state index contributed by atoms with van der Waals surface area (Å²) in [6, 6.07) is 10.3. The van der Waals surface area contributed by atoms with Crippen LogP contribution < -0.4 is 0 Å². The zero-order chi connectivity index (χ0) is 18.0. The number of rotatable bonds is 5. The van der Waals surface area contributed by atoms with E-state index in [1.54, 1.807) is 4.90 Å². The first kappa shape index (κ1) is 17.7. The van der Waals surface area contributed by atoms with Crippen molar-refractivity contribution in [1.82, 2.24) is 15.0 Å². The molecule has 1 amide bonds. The molecule has 1 aliphatic heterocycles. The van der Waals surface area contributed by atoms with Crippen molar-refractivity contribution in [2.45, 2.75) is 52.2 Å². The van der Waals surface area contributed by atoms with Gasteiger partial charge in [0.15, 0.2) is 0 Å². The van der Waals surface area contributed by atoms with E-state index in [0.29, 0.717) is 12.5 Å². The fraction of sp³-hybridized carbons (Fsp3) is 0.500. The van der Waals surface area contributed by atoms with Gasteiger partial charge in [-0.1, -0.05) is 43.3 Å². The first-order valence-corrected chi connectivity index (χ1v) is 8.97. The van der Waals surface area contributed by atoms with Crippen LogP contribution in [0.1, 0.15) is 49.3 Å². The van der Waals surface area contributed by atoms with E-state index < -0.39 is 0 Å². The molecule has 0 fully saturated rings. The van der Waals surface area contributed by atoms with Crippen LogP contribution >= 0.6 is 0 Å². The van der Waals surface area contributed by atoms with Gasteiger partial charge in [0, 0.05) is 32.1 Å². The Bertz CT molecular complexity index is 738. The molecule has 0 unspecified atom stereocenters. The van der Waals surface area contributed by atoms with Crippen LogP contribution in [0.5, 0.6) is 0 Å². The molecule has 5 heteroatoms. The van der Waals surface area contributed by atoms with Crippen molar-refractivity contribution in [3.63, 3.8) is 0 Å². The van der Waals surface area contributed by atoms with Crippen LogP contribution in [0.15, 0.2) is 34.9 Å². The molecule has 134 valence electrons. The first-order chi connectivity index (χ1) is 12.0. The van der Waals surface area contributed by atoms with Gasteiger partial charge in [0.05, 0.1) is 12.6 Å². The number of aromatic nitrogens is 1. The highest BCUT2D eigenvalue weighted by atomic mass is 16.5. The average molecular weight is 341 g/mol. The van der Waals surface area contributed by atoms with Crippen molar-refractivity contribution in [3.8, 4) is 0 Å². The summed E-state index contributed by atoms with van der Waals surface area (Å²) in [6.07, 6.45) is 0.999. The van der Waals surface area contributed by atoms with Gasteiger partial charge in [-0.25, -0.2) is 0 Å². The maximum atomic E-state index is 12.8. The minimum Gasteiger partial charge on any atom is -0.361 e. The molecule has 0 radical (unpaired) electrons. The lowest BCUT2D eigenvalue weighted by atomic mass is 9.98. The zero-order valence-corrected chi connectivity index (χ0v) is 15.5. The molecule has 0 saturated carbocycles. The van der Waals surface area contributed by atoms with Crippen molar-refractivity contribution in [2.75, 3.05) is 13.6 Å². The van der Waals surface area contributed by atoms with Crippen LogP contribution in [0.25, 0.3) is 0 Å². The Labute approximate surface area is 149 Å². The highest BCUT2D eigenvalue weighted by Gasteiger charge is 2.27. The molecule has 0 saturated heterocycles. The second-order valence-corrected chi connectivity index (χ2v) is 7.23. The molecule has 1 aliphatic rings. The summed E-state index contributed by atoms with van der Waals surface area (Å²) in [6.45, 7) is 8.35. The Morgan fingerprint density at radius 1 is 1.28 bits per heavy atom. The highest BCUT2D eigenvalue weighted by Crippen LogP contribution is 2.21. The normalized spacial score (nSPS) is 15.9. The quantitative estimate of drug-likeness (QED) is 0.838. The first-order valence-electron chi connectivity index (χ1n) is 8.97. The van der Waals surface area contributed by atoms with Crippen molar-refractivity contribution in [1.29, 1.82) is 0 Å². The molecule has 5 nitrogen and oxygen atoms in total. The third kappa shape index (κ3) is 3.93. The third-order valence-electron chi connectivity index (χ3n) is 4.99. The number of fused-ring (bicyclic) bond motifs is 1. The van der Waals surface area contributed by atoms with Gasteiger partial charge in [-0.05, 0) is 24.5 Å². The Balaban J connectivity index is 1.61. The van der Waals surface area contributed by atoms with E-state index in [-0.39, 0.29) is 11.9 Å². The number of carbonyl (C=O) groups is 1. The van der Waals surface area contributed by atoms with Crippen LogP contribution in [0, 0.1) is 0 Å². The van der Waals surface area contributed by atoms with Gasteiger partial charge >= 0.3 is 0 Å². The van der Waals surface area contributed by atoms with Gasteiger partial charge in [0.25, 0.3) is 0 Å². The third-order valence-corrected chi connectivity index (χ3v) is 4.99. The second kappa shape index (κ2) is 7.40. The van der Waals surface area contributed by atoms with Crippen molar-refractivity contribution < 1.29 is 9.32 Å². The minimum atomic E-state index is -0.144. The fourth-order valence-electron chi connectivity index (χ4n) is 3.32. The summed E-state index contributed by atoms with van der Waals surface area (Å²) < 4.78 is 5.32. The lowest BCUT2D eigenvalue weighted by molar-refractivity contribution is -0.136. The molecular formula is C20H27N3O2. The van der Waals surface area contributed by atoms with Crippen LogP contribution in [0.4, 0.5) is 0 Å². The smallest absolute Gasteiger partial charge is 0.239 e. The molecule has 0 spiro atoms. The second-order valence-electron chi connectivity index (χ2n) is 7.23. The Hall–Kier alpha value is -2.14. The van der Waals surface area contributed by atoms with Crippen LogP contribution in [0.2, 0.25) is 0 Å². The molecule has 1 atom stereocenters. The van der Waals surface area contributed by atoms with Crippen LogP contribution in [0.3, 0.4) is 0 Å². The maximum absolute atomic E-state index is 12.8. The number of amides is 1. The molecular weight excluding hydrogens is 314 g/mol. The molecule has 25 heavy (non-hydrogen) atoms. The molecule has 1 aromatic heterocycles. The average Bonchev–Trinajstić information content (AvgIpc) is 3.08. The summed E-state index contributed by atoms with van der Waals surface area (Å²) in [7, 11) is 1.83. The number of hydrogen-bond donors (Lipinski definition) is 0.